The van der Waals surface area contributed by atoms with Gasteiger partial charge in [-0.1, -0.05) is 6.07 Å². The number of aromatic nitrogens is 1. The Labute approximate surface area is 152 Å². The molecule has 7 nitrogen and oxygen atoms in total. The topological polar surface area (TPSA) is 97.4 Å². The molecule has 0 saturated carbocycles. The zero-order valence-corrected chi connectivity index (χ0v) is 14.7. The van der Waals surface area contributed by atoms with Crippen LogP contribution in [0.2, 0.25) is 0 Å². The van der Waals surface area contributed by atoms with E-state index in [2.05, 4.69) is 15.6 Å². The van der Waals surface area contributed by atoms with Gasteiger partial charge in [0.05, 0.1) is 24.6 Å². The molecule has 1 aliphatic rings. The number of hydrogen-bond acceptors (Lipinski definition) is 6. The Hall–Kier alpha value is -2.81. The molecule has 2 heterocycles. The summed E-state index contributed by atoms with van der Waals surface area (Å²) < 4.78 is 18.2. The Morgan fingerprint density at radius 2 is 2.27 bits per heavy atom. The highest BCUT2D eigenvalue weighted by atomic mass is 32.1. The van der Waals surface area contributed by atoms with E-state index < -0.39 is 23.6 Å². The fourth-order valence-electron chi connectivity index (χ4n) is 2.67. The highest BCUT2D eigenvalue weighted by molar-refractivity contribution is 7.13. The first-order valence-corrected chi connectivity index (χ1v) is 8.84. The fourth-order valence-corrected chi connectivity index (χ4v) is 3.38. The van der Waals surface area contributed by atoms with Crippen molar-refractivity contribution >= 4 is 39.9 Å². The van der Waals surface area contributed by atoms with E-state index in [1.54, 1.807) is 12.3 Å². The first kappa shape index (κ1) is 18.0. The number of rotatable bonds is 5. The van der Waals surface area contributed by atoms with Crippen molar-refractivity contribution in [1.29, 1.82) is 0 Å². The lowest BCUT2D eigenvalue weighted by Gasteiger charge is -2.24. The summed E-state index contributed by atoms with van der Waals surface area (Å²) in [6.45, 7) is 2.00. The predicted molar refractivity (Wildman–Crippen MR) is 93.5 cm³/mol. The van der Waals surface area contributed by atoms with Gasteiger partial charge >= 0.3 is 5.97 Å². The Morgan fingerprint density at radius 3 is 3.04 bits per heavy atom. The molecule has 0 spiro atoms. The van der Waals surface area contributed by atoms with E-state index >= 15 is 0 Å². The standard InChI is InChI=1S/C17H16FN3O4S/c1-2-25-15(23)6-10-8-26-17(19-10)21-16(24)12-7-14(22)20-13-5-9(18)3-4-11(12)13/h3-5,8,12H,2,6-7H2,1H3,(H,20,22)(H,19,21,24)/t12-/m0/s1. The van der Waals surface area contributed by atoms with Gasteiger partial charge in [0.15, 0.2) is 5.13 Å². The van der Waals surface area contributed by atoms with Crippen molar-refractivity contribution in [2.75, 3.05) is 17.2 Å². The average molecular weight is 377 g/mol. The number of amides is 2. The molecule has 0 bridgehead atoms. The van der Waals surface area contributed by atoms with Gasteiger partial charge in [0, 0.05) is 17.5 Å². The van der Waals surface area contributed by atoms with Crippen LogP contribution in [-0.2, 0) is 25.5 Å². The van der Waals surface area contributed by atoms with E-state index in [-0.39, 0.29) is 25.4 Å². The number of nitrogens with one attached hydrogen (secondary N) is 2. The maximum Gasteiger partial charge on any atom is 0.311 e. The number of hydrogen-bond donors (Lipinski definition) is 2. The maximum atomic E-state index is 13.4. The number of carbonyl (C=O) groups excluding carboxylic acids is 3. The highest BCUT2D eigenvalue weighted by Gasteiger charge is 2.31. The Kier molecular flexibility index (Phi) is 5.27. The summed E-state index contributed by atoms with van der Waals surface area (Å²) in [4.78, 5) is 40.1. The number of carbonyl (C=O) groups is 3. The van der Waals surface area contributed by atoms with E-state index in [0.717, 1.165) is 0 Å². The van der Waals surface area contributed by atoms with Crippen LogP contribution in [0.5, 0.6) is 0 Å². The summed E-state index contributed by atoms with van der Waals surface area (Å²) in [6, 6.07) is 3.92. The van der Waals surface area contributed by atoms with Crippen LogP contribution in [-0.4, -0.2) is 29.4 Å². The highest BCUT2D eigenvalue weighted by Crippen LogP contribution is 2.33. The molecular formula is C17H16FN3O4S. The zero-order chi connectivity index (χ0) is 18.7. The van der Waals surface area contributed by atoms with Gasteiger partial charge in [0.2, 0.25) is 11.8 Å². The second-order valence-corrected chi connectivity index (χ2v) is 6.51. The molecule has 1 atom stereocenters. The minimum atomic E-state index is -0.739. The van der Waals surface area contributed by atoms with Crippen molar-refractivity contribution in [3.63, 3.8) is 0 Å². The SMILES string of the molecule is CCOC(=O)Cc1csc(NC(=O)[C@H]2CC(=O)Nc3cc(F)ccc32)n1. The number of esters is 1. The summed E-state index contributed by atoms with van der Waals surface area (Å²) in [5.41, 5.74) is 1.34. The van der Waals surface area contributed by atoms with Gasteiger partial charge in [0.25, 0.3) is 0 Å². The molecule has 26 heavy (non-hydrogen) atoms. The predicted octanol–water partition coefficient (Wildman–Crippen LogP) is 2.45. The molecule has 2 aromatic rings. The molecule has 3 rings (SSSR count). The van der Waals surface area contributed by atoms with Gasteiger partial charge in [-0.15, -0.1) is 11.3 Å². The Morgan fingerprint density at radius 1 is 1.46 bits per heavy atom. The number of fused-ring (bicyclic) bond motifs is 1. The fraction of sp³-hybridized carbons (Fsp3) is 0.294. The normalized spacial score (nSPS) is 15.8. The zero-order valence-electron chi connectivity index (χ0n) is 13.9. The molecule has 1 aromatic carbocycles. The molecule has 1 aliphatic heterocycles. The van der Waals surface area contributed by atoms with Crippen molar-refractivity contribution in [3.8, 4) is 0 Å². The minimum absolute atomic E-state index is 0.0220. The second kappa shape index (κ2) is 7.61. The van der Waals surface area contributed by atoms with Crippen LogP contribution >= 0.6 is 11.3 Å². The lowest BCUT2D eigenvalue weighted by atomic mass is 9.90. The molecule has 9 heteroatoms. The summed E-state index contributed by atoms with van der Waals surface area (Å²) in [5.74, 6) is -2.39. The number of anilines is 2. The molecule has 0 aliphatic carbocycles. The molecule has 1 aromatic heterocycles. The summed E-state index contributed by atoms with van der Waals surface area (Å²) >= 11 is 1.18. The Bertz CT molecular complexity index is 867. The van der Waals surface area contributed by atoms with Crippen molar-refractivity contribution < 1.29 is 23.5 Å². The number of benzene rings is 1. The van der Waals surface area contributed by atoms with E-state index in [1.165, 1.54) is 29.5 Å². The van der Waals surface area contributed by atoms with Crippen LogP contribution in [0.4, 0.5) is 15.2 Å². The van der Waals surface area contributed by atoms with Gasteiger partial charge in [-0.25, -0.2) is 9.37 Å². The average Bonchev–Trinajstić information content (AvgIpc) is 3.00. The first-order chi connectivity index (χ1) is 12.5. The van der Waals surface area contributed by atoms with Gasteiger partial charge in [-0.05, 0) is 24.6 Å². The summed E-state index contributed by atoms with van der Waals surface area (Å²) in [5, 5.41) is 7.20. The molecular weight excluding hydrogens is 361 g/mol. The van der Waals surface area contributed by atoms with Crippen molar-refractivity contribution in [3.05, 3.63) is 40.7 Å². The first-order valence-electron chi connectivity index (χ1n) is 7.96. The van der Waals surface area contributed by atoms with Crippen LogP contribution in [0.1, 0.15) is 30.5 Å². The van der Waals surface area contributed by atoms with E-state index in [9.17, 15) is 18.8 Å². The van der Waals surface area contributed by atoms with Gasteiger partial charge in [0.1, 0.15) is 5.82 Å². The van der Waals surface area contributed by atoms with E-state index in [4.69, 9.17) is 4.74 Å². The molecule has 0 fully saturated rings. The molecule has 0 unspecified atom stereocenters. The van der Waals surface area contributed by atoms with Crippen LogP contribution in [0.25, 0.3) is 0 Å². The lowest BCUT2D eigenvalue weighted by Crippen LogP contribution is -2.30. The number of thiazole rings is 1. The largest absolute Gasteiger partial charge is 0.466 e. The van der Waals surface area contributed by atoms with Crippen molar-refractivity contribution in [2.45, 2.75) is 25.7 Å². The Balaban J connectivity index is 1.72. The van der Waals surface area contributed by atoms with Crippen LogP contribution < -0.4 is 10.6 Å². The summed E-state index contributed by atoms with van der Waals surface area (Å²) in [6.07, 6.45) is -0.0142. The third-order valence-electron chi connectivity index (χ3n) is 3.78. The monoisotopic (exact) mass is 377 g/mol. The van der Waals surface area contributed by atoms with Crippen molar-refractivity contribution in [1.82, 2.24) is 4.98 Å². The van der Waals surface area contributed by atoms with Crippen LogP contribution in [0.3, 0.4) is 0 Å². The number of ether oxygens (including phenoxy) is 1. The van der Waals surface area contributed by atoms with Gasteiger partial charge in [-0.2, -0.15) is 0 Å². The quantitative estimate of drug-likeness (QED) is 0.780. The second-order valence-electron chi connectivity index (χ2n) is 5.65. The molecule has 136 valence electrons. The van der Waals surface area contributed by atoms with Crippen molar-refractivity contribution in [2.24, 2.45) is 0 Å². The van der Waals surface area contributed by atoms with E-state index in [0.29, 0.717) is 22.1 Å². The third-order valence-corrected chi connectivity index (χ3v) is 4.59. The maximum absolute atomic E-state index is 13.4. The number of nitrogens with zero attached hydrogens (tertiary/aromatic N) is 1. The molecule has 0 radical (unpaired) electrons. The van der Waals surface area contributed by atoms with Crippen LogP contribution in [0, 0.1) is 5.82 Å². The third kappa shape index (κ3) is 4.05. The molecule has 0 saturated heterocycles. The molecule has 2 N–H and O–H groups in total. The number of halogens is 1. The lowest BCUT2D eigenvalue weighted by molar-refractivity contribution is -0.142. The minimum Gasteiger partial charge on any atom is -0.466 e. The van der Waals surface area contributed by atoms with Crippen LogP contribution in [0.15, 0.2) is 23.6 Å². The molecule has 2 amide bonds. The van der Waals surface area contributed by atoms with Gasteiger partial charge in [-0.3, -0.25) is 14.4 Å². The smallest absolute Gasteiger partial charge is 0.311 e. The van der Waals surface area contributed by atoms with Gasteiger partial charge < -0.3 is 15.4 Å². The summed E-state index contributed by atoms with van der Waals surface area (Å²) in [7, 11) is 0. The van der Waals surface area contributed by atoms with E-state index in [1.807, 2.05) is 0 Å².